The smallest absolute Gasteiger partial charge is 0.319 e. The third-order valence-electron chi connectivity index (χ3n) is 21.7. The number of rotatable bonds is 14. The van der Waals surface area contributed by atoms with Crippen molar-refractivity contribution in [1.82, 2.24) is 29.7 Å². The molecule has 0 bridgehead atoms. The number of carbonyl (C=O) groups excluding carboxylic acids is 1. The molecule has 107 heavy (non-hydrogen) atoms. The van der Waals surface area contributed by atoms with Crippen LogP contribution in [0.1, 0.15) is 79.0 Å². The van der Waals surface area contributed by atoms with E-state index in [4.69, 9.17) is 53.2 Å². The average Bonchev–Trinajstić information content (AvgIpc) is 1.51. The molecule has 25 heteroatoms. The van der Waals surface area contributed by atoms with Crippen LogP contribution in [0.2, 0.25) is 5.15 Å². The molecule has 0 spiro atoms. The number of carbonyl (C=O) groups is 1. The number of aliphatic hydroxyl groups excluding tert-OH is 3. The van der Waals surface area contributed by atoms with Crippen molar-refractivity contribution in [2.75, 3.05) is 76.7 Å². The Hall–Kier alpha value is -10.6. The number of aliphatic hydroxyl groups is 6. The number of nitriles is 2. The fourth-order valence-corrected chi connectivity index (χ4v) is 18.2. The molecule has 23 nitrogen and oxygen atoms in total. The lowest BCUT2D eigenvalue weighted by atomic mass is 9.70. The zero-order valence-corrected chi connectivity index (χ0v) is 62.0. The second kappa shape index (κ2) is 28.6. The number of amides is 1. The normalized spacial score (nSPS) is 28.3. The van der Waals surface area contributed by atoms with Gasteiger partial charge in [-0.2, -0.15) is 10.5 Å². The van der Waals surface area contributed by atoms with Crippen molar-refractivity contribution in [3.63, 3.8) is 0 Å². The van der Waals surface area contributed by atoms with Crippen LogP contribution in [0, 0.1) is 53.6 Å². The first-order valence-corrected chi connectivity index (χ1v) is 35.4. The summed E-state index contributed by atoms with van der Waals surface area (Å²) in [7, 11) is 15.1. The first-order chi connectivity index (χ1) is 51.3. The molecule has 3 aromatic heterocycles. The number of aromatic nitrogens is 3. The van der Waals surface area contributed by atoms with Crippen molar-refractivity contribution in [2.24, 2.45) is 17.8 Å². The van der Waals surface area contributed by atoms with Crippen LogP contribution in [0.4, 0.5) is 11.6 Å². The lowest BCUT2D eigenvalue weighted by molar-refractivity contribution is -0.156. The quantitative estimate of drug-likeness (QED) is 0.0435. The van der Waals surface area contributed by atoms with Gasteiger partial charge in [-0.1, -0.05) is 178 Å². The maximum Gasteiger partial charge on any atom is 0.319 e. The number of hydrogen-bond donors (Lipinski definition) is 6. The Balaban J connectivity index is 0.000000142. The van der Waals surface area contributed by atoms with E-state index in [9.17, 15) is 46.0 Å². The summed E-state index contributed by atoms with van der Waals surface area (Å²) in [5.74, 6) is -3.10. The topological polar surface area (TPSA) is 299 Å². The number of halogens is 2. The predicted molar refractivity (Wildman–Crippen MR) is 397 cm³/mol. The van der Waals surface area contributed by atoms with Crippen LogP contribution in [-0.4, -0.2) is 161 Å². The van der Waals surface area contributed by atoms with Crippen molar-refractivity contribution < 1.29 is 63.9 Å². The van der Waals surface area contributed by atoms with Crippen molar-refractivity contribution in [2.45, 2.75) is 69.7 Å². The second-order valence-corrected chi connectivity index (χ2v) is 29.4. The van der Waals surface area contributed by atoms with Gasteiger partial charge in [-0.25, -0.2) is 4.98 Å². The molecule has 3 fully saturated rings. The fourth-order valence-electron chi connectivity index (χ4n) is 17.8. The van der Waals surface area contributed by atoms with Gasteiger partial charge in [0.2, 0.25) is 11.8 Å². The van der Waals surface area contributed by atoms with E-state index in [0.29, 0.717) is 40.9 Å². The fraction of sp³-hybridized carbons (Fsp3) is 0.317. The van der Waals surface area contributed by atoms with Crippen LogP contribution in [0.5, 0.6) is 34.9 Å². The van der Waals surface area contributed by atoms with Gasteiger partial charge < -0.3 is 83.5 Å². The van der Waals surface area contributed by atoms with Gasteiger partial charge in [0.25, 0.3) is 11.6 Å². The van der Waals surface area contributed by atoms with Gasteiger partial charge in [-0.05, 0) is 98.0 Å². The maximum absolute atomic E-state index is 13.6. The lowest BCUT2D eigenvalue weighted by Gasteiger charge is -2.40. The Morgan fingerprint density at radius 3 is 1.18 bits per heavy atom. The van der Waals surface area contributed by atoms with Gasteiger partial charge in [0.05, 0.1) is 68.3 Å². The first-order valence-electron chi connectivity index (χ1n) is 34.2. The van der Waals surface area contributed by atoms with Crippen LogP contribution in [0.3, 0.4) is 0 Å². The molecule has 9 aromatic rings. The highest BCUT2D eigenvalue weighted by molar-refractivity contribution is 9.10. The minimum atomic E-state index is -2.09. The maximum atomic E-state index is 13.6. The van der Waals surface area contributed by atoms with Crippen LogP contribution in [0.25, 0.3) is 9.69 Å². The average molecular weight is 1520 g/mol. The molecule has 15 rings (SSSR count). The minimum Gasteiger partial charge on any atom is -0.481 e. The Kier molecular flexibility index (Phi) is 20.0. The van der Waals surface area contributed by atoms with E-state index in [1.54, 1.807) is 62.6 Å². The molecular formula is C82H76BrClN10O13. The summed E-state index contributed by atoms with van der Waals surface area (Å²) in [5, 5.41) is 92.8. The van der Waals surface area contributed by atoms with Gasteiger partial charge in [0.15, 0.2) is 33.6 Å². The SMILES string of the molecule is COc1nc(Cl)cc2c1[C@]1(O)[C@H](O)[C@H](C(=O)N(C)C)[C@@H](c3ccccc3)[C@]1(c1ccc(Br)cc1)O2.[C-]#[N+]c1cc2c(c(OC)n1)[C@]1(O)[C@H](O)[C@H](CN(C)C)[C@@H](c3ccccc3)[C@]1(c1ccc(C#N)cc1)O2.[C-]#[N+]c1cc2c(c(OC)n1)[C@]1(O)[C@H](O)[C@H](CN(C)C)[C@@H](c3ccccc3)[C@]1(c1ccc(C#N)cc1)O2. The Morgan fingerprint density at radius 1 is 0.514 bits per heavy atom. The summed E-state index contributed by atoms with van der Waals surface area (Å²) in [5.41, 5.74) is -4.77. The molecule has 6 aromatic carbocycles. The van der Waals surface area contributed by atoms with Gasteiger partial charge in [0.1, 0.15) is 39.6 Å². The molecule has 0 saturated heterocycles. The highest BCUT2D eigenvalue weighted by Gasteiger charge is 2.81. The molecule has 0 radical (unpaired) electrons. The molecule has 1 amide bonds. The monoisotopic (exact) mass is 1520 g/mol. The number of hydrogen-bond acceptors (Lipinski definition) is 20. The summed E-state index contributed by atoms with van der Waals surface area (Å²) in [6.07, 6.45) is -4.09. The third-order valence-corrected chi connectivity index (χ3v) is 22.5. The molecule has 3 aliphatic carbocycles. The highest BCUT2D eigenvalue weighted by atomic mass is 79.9. The van der Waals surface area contributed by atoms with E-state index in [0.717, 1.165) is 21.2 Å². The predicted octanol–water partition coefficient (Wildman–Crippen LogP) is 10.5. The van der Waals surface area contributed by atoms with Gasteiger partial charge in [-0.3, -0.25) is 4.79 Å². The van der Waals surface area contributed by atoms with E-state index in [2.05, 4.69) is 52.7 Å². The minimum absolute atomic E-state index is 0.0257. The third kappa shape index (κ3) is 11.3. The van der Waals surface area contributed by atoms with Gasteiger partial charge >= 0.3 is 11.8 Å². The molecule has 0 unspecified atom stereocenters. The van der Waals surface area contributed by atoms with E-state index >= 15 is 0 Å². The molecule has 3 saturated carbocycles. The largest absolute Gasteiger partial charge is 0.481 e. The van der Waals surface area contributed by atoms with Crippen molar-refractivity contribution in [3.8, 4) is 47.0 Å². The van der Waals surface area contributed by atoms with Crippen molar-refractivity contribution in [1.29, 1.82) is 10.5 Å². The standard InChI is InChI=1S/2C28H26N4O4.C26H24BrClN2O5/c2*1-30-22-14-21-24(26(31-22)35-4)27(34)25(33)20(16-32(2)3)23(18-8-6-5-7-9-18)28(27,36-21)19-12-10-17(15-29)11-13-19;1-30(2)24(32)19-20(14-7-5-4-6-8-14)26(15-9-11-16(27)12-10-15)25(33,22(19)31)21-17(35-26)13-18(28)29-23(21)34-3/h2*5-14,20,23,25,33-34H,16H2,2-4H3;4-13,19-20,22,31,33H,1-3H3/t2*20-,23-,25-,27+,28+;19-,20-,22-,25+,26+/m111/s1. The summed E-state index contributed by atoms with van der Waals surface area (Å²) in [6, 6.07) is 58.3. The number of methoxy groups -OCH3 is 3. The molecule has 6 N–H and O–H groups in total. The van der Waals surface area contributed by atoms with Crippen molar-refractivity contribution >= 4 is 45.1 Å². The molecule has 6 heterocycles. The first kappa shape index (κ1) is 74.7. The molecular weight excluding hydrogens is 1450 g/mol. The number of ether oxygens (including phenoxy) is 6. The molecule has 15 atom stereocenters. The van der Waals surface area contributed by atoms with Crippen LogP contribution < -0.4 is 28.4 Å². The second-order valence-electron chi connectivity index (χ2n) is 28.1. The van der Waals surface area contributed by atoms with E-state index in [1.807, 2.05) is 153 Å². The summed E-state index contributed by atoms with van der Waals surface area (Å²) in [6.45, 7) is 15.9. The van der Waals surface area contributed by atoms with Crippen LogP contribution in [0.15, 0.2) is 186 Å². The summed E-state index contributed by atoms with van der Waals surface area (Å²) < 4.78 is 37.5. The Labute approximate surface area is 632 Å². The van der Waals surface area contributed by atoms with Crippen LogP contribution >= 0.6 is 27.5 Å². The van der Waals surface area contributed by atoms with Crippen LogP contribution in [-0.2, 0) is 38.4 Å². The van der Waals surface area contributed by atoms with Crippen molar-refractivity contribution in [3.05, 3.63) is 276 Å². The highest BCUT2D eigenvalue weighted by Crippen LogP contribution is 2.73. The number of fused-ring (bicyclic) bond motifs is 9. The van der Waals surface area contributed by atoms with Gasteiger partial charge in [0, 0.05) is 79.4 Å². The zero-order valence-electron chi connectivity index (χ0n) is 59.7. The van der Waals surface area contributed by atoms with E-state index in [1.165, 1.54) is 44.4 Å². The number of benzene rings is 6. The Bertz CT molecular complexity index is 4830. The van der Waals surface area contributed by atoms with E-state index < -0.39 is 87.4 Å². The summed E-state index contributed by atoms with van der Waals surface area (Å²) in [4.78, 5) is 38.6. The lowest BCUT2D eigenvalue weighted by Crippen LogP contribution is -2.52. The van der Waals surface area contributed by atoms with E-state index in [-0.39, 0.29) is 74.3 Å². The molecule has 546 valence electrons. The van der Waals surface area contributed by atoms with Gasteiger partial charge in [-0.15, -0.1) is 0 Å². The zero-order chi connectivity index (χ0) is 76.4. The molecule has 6 aliphatic rings. The molecule has 3 aliphatic heterocycles. The summed E-state index contributed by atoms with van der Waals surface area (Å²) >= 11 is 9.71. The Morgan fingerprint density at radius 2 is 0.841 bits per heavy atom. The number of pyridine rings is 3. The number of nitrogens with zero attached hydrogens (tertiary/aromatic N) is 10.